The first kappa shape index (κ1) is 15.6. The van der Waals surface area contributed by atoms with E-state index in [1.54, 1.807) is 6.20 Å². The van der Waals surface area contributed by atoms with Gasteiger partial charge in [0.25, 0.3) is 0 Å². The molecule has 2 saturated heterocycles. The van der Waals surface area contributed by atoms with Crippen molar-refractivity contribution < 1.29 is 4.74 Å². The maximum absolute atomic E-state index is 6.39. The molecule has 124 valence electrons. The molecule has 0 unspecified atom stereocenters. The summed E-state index contributed by atoms with van der Waals surface area (Å²) in [6, 6.07) is 0.111. The van der Waals surface area contributed by atoms with Gasteiger partial charge in [0, 0.05) is 36.9 Å². The highest BCUT2D eigenvalue weighted by atomic mass is 79.9. The maximum Gasteiger partial charge on any atom is 0.212 e. The van der Waals surface area contributed by atoms with Gasteiger partial charge in [-0.05, 0) is 35.7 Å². The second kappa shape index (κ2) is 5.58. The molecular formula is C15H19BrClN5O. The van der Waals surface area contributed by atoms with E-state index in [9.17, 15) is 0 Å². The monoisotopic (exact) mass is 399 g/mol. The van der Waals surface area contributed by atoms with E-state index in [4.69, 9.17) is 22.1 Å². The summed E-state index contributed by atoms with van der Waals surface area (Å²) in [6.45, 7) is 4.61. The Kier molecular flexibility index (Phi) is 3.79. The van der Waals surface area contributed by atoms with Crippen LogP contribution in [0.1, 0.15) is 19.8 Å². The number of nitrogens with zero attached hydrogens (tertiary/aromatic N) is 4. The Morgan fingerprint density at radius 1 is 1.43 bits per heavy atom. The summed E-state index contributed by atoms with van der Waals surface area (Å²) in [5.41, 5.74) is 7.28. The summed E-state index contributed by atoms with van der Waals surface area (Å²) in [5.74, 6) is 0.834. The molecule has 2 aromatic heterocycles. The van der Waals surface area contributed by atoms with E-state index in [1.807, 2.05) is 10.6 Å². The molecule has 2 aromatic rings. The zero-order valence-corrected chi connectivity index (χ0v) is 15.2. The molecule has 8 heteroatoms. The lowest BCUT2D eigenvalue weighted by Gasteiger charge is -2.41. The van der Waals surface area contributed by atoms with Crippen LogP contribution in [0.4, 0.5) is 5.95 Å². The van der Waals surface area contributed by atoms with E-state index < -0.39 is 0 Å². The van der Waals surface area contributed by atoms with E-state index in [2.05, 4.69) is 37.7 Å². The molecular weight excluding hydrogens is 382 g/mol. The molecule has 0 amide bonds. The van der Waals surface area contributed by atoms with Crippen LogP contribution >= 0.6 is 27.5 Å². The third kappa shape index (κ3) is 2.36. The number of piperidine rings is 1. The molecule has 4 rings (SSSR count). The predicted molar refractivity (Wildman–Crippen MR) is 93.0 cm³/mol. The molecule has 4 heterocycles. The largest absolute Gasteiger partial charge is 0.376 e. The molecule has 0 saturated carbocycles. The van der Waals surface area contributed by atoms with Gasteiger partial charge in [-0.15, -0.1) is 0 Å². The molecule has 1 spiro atoms. The number of hydrogen-bond donors (Lipinski definition) is 1. The van der Waals surface area contributed by atoms with Gasteiger partial charge in [-0.1, -0.05) is 11.6 Å². The second-order valence-corrected chi connectivity index (χ2v) is 7.68. The molecule has 2 aliphatic rings. The summed E-state index contributed by atoms with van der Waals surface area (Å²) in [4.78, 5) is 11.2. The molecule has 2 atom stereocenters. The van der Waals surface area contributed by atoms with Gasteiger partial charge >= 0.3 is 0 Å². The van der Waals surface area contributed by atoms with Crippen molar-refractivity contribution in [2.45, 2.75) is 31.9 Å². The van der Waals surface area contributed by atoms with Crippen molar-refractivity contribution in [3.8, 4) is 0 Å². The van der Waals surface area contributed by atoms with E-state index in [-0.39, 0.29) is 17.6 Å². The van der Waals surface area contributed by atoms with Crippen molar-refractivity contribution >= 4 is 39.1 Å². The van der Waals surface area contributed by atoms with Crippen LogP contribution < -0.4 is 10.6 Å². The van der Waals surface area contributed by atoms with Crippen LogP contribution in [-0.2, 0) is 4.74 Å². The molecule has 2 aliphatic heterocycles. The normalized spacial score (nSPS) is 27.2. The van der Waals surface area contributed by atoms with Crippen molar-refractivity contribution in [1.82, 2.24) is 14.4 Å². The Hall–Kier alpha value is -0.890. The summed E-state index contributed by atoms with van der Waals surface area (Å²) in [7, 11) is 0. The van der Waals surface area contributed by atoms with Gasteiger partial charge in [-0.2, -0.15) is 0 Å². The topological polar surface area (TPSA) is 68.7 Å². The highest BCUT2D eigenvalue weighted by molar-refractivity contribution is 9.10. The average molecular weight is 401 g/mol. The maximum atomic E-state index is 6.39. The number of fused-ring (bicyclic) bond motifs is 1. The number of ether oxygens (including phenoxy) is 1. The standard InChI is InChI=1S/C15H19BrClN5O/c1-9-11(18)15(8-23-9)2-5-21(6-3-15)14-20-12(17)10(16)13-19-4-7-22(13)14/h4,7,9,11H,2-3,5-6,8,18H2,1H3/t9-,11+/m0/s1. The smallest absolute Gasteiger partial charge is 0.212 e. The number of rotatable bonds is 1. The minimum atomic E-state index is 0.100. The first-order valence-electron chi connectivity index (χ1n) is 7.82. The average Bonchev–Trinajstić information content (AvgIpc) is 3.14. The minimum absolute atomic E-state index is 0.100. The van der Waals surface area contributed by atoms with Crippen LogP contribution in [0.3, 0.4) is 0 Å². The van der Waals surface area contributed by atoms with Gasteiger partial charge in [-0.25, -0.2) is 9.97 Å². The fraction of sp³-hybridized carbons (Fsp3) is 0.600. The highest BCUT2D eigenvalue weighted by Crippen LogP contribution is 2.42. The number of hydrogen-bond acceptors (Lipinski definition) is 5. The van der Waals surface area contributed by atoms with Gasteiger partial charge in [0.15, 0.2) is 10.8 Å². The molecule has 0 aromatic carbocycles. The quantitative estimate of drug-likeness (QED) is 0.745. The second-order valence-electron chi connectivity index (χ2n) is 6.53. The number of halogens is 2. The van der Waals surface area contributed by atoms with Crippen LogP contribution in [0.5, 0.6) is 0 Å². The Labute approximate surface area is 148 Å². The van der Waals surface area contributed by atoms with Crippen molar-refractivity contribution in [2.75, 3.05) is 24.6 Å². The summed E-state index contributed by atoms with van der Waals surface area (Å²) >= 11 is 9.71. The van der Waals surface area contributed by atoms with Crippen LogP contribution in [0, 0.1) is 5.41 Å². The van der Waals surface area contributed by atoms with Crippen LogP contribution in [0.25, 0.3) is 5.65 Å². The SMILES string of the molecule is C[C@@H]1OCC2(CCN(c3nc(Cl)c(Br)c4nccn34)CC2)[C@@H]1N. The predicted octanol–water partition coefficient (Wildman–Crippen LogP) is 2.48. The van der Waals surface area contributed by atoms with Gasteiger partial charge in [0.05, 0.1) is 17.2 Å². The Balaban J connectivity index is 1.62. The van der Waals surface area contributed by atoms with E-state index in [0.29, 0.717) is 5.15 Å². The molecule has 2 N–H and O–H groups in total. The van der Waals surface area contributed by atoms with E-state index in [1.165, 1.54) is 0 Å². The van der Waals surface area contributed by atoms with Crippen LogP contribution in [0.15, 0.2) is 16.9 Å². The number of aromatic nitrogens is 3. The number of nitrogens with two attached hydrogens (primary N) is 1. The van der Waals surface area contributed by atoms with Crippen LogP contribution in [-0.4, -0.2) is 46.2 Å². The molecule has 0 bridgehead atoms. The molecule has 2 fully saturated rings. The van der Waals surface area contributed by atoms with Crippen LogP contribution in [0.2, 0.25) is 5.15 Å². The minimum Gasteiger partial charge on any atom is -0.376 e. The van der Waals surface area contributed by atoms with Crippen molar-refractivity contribution in [3.05, 3.63) is 22.0 Å². The third-order valence-corrected chi connectivity index (χ3v) is 6.55. The first-order valence-corrected chi connectivity index (χ1v) is 8.99. The third-order valence-electron chi connectivity index (χ3n) is 5.32. The Morgan fingerprint density at radius 2 is 2.17 bits per heavy atom. The van der Waals surface area contributed by atoms with Crippen molar-refractivity contribution in [1.29, 1.82) is 0 Å². The van der Waals surface area contributed by atoms with Gasteiger partial charge in [0.1, 0.15) is 0 Å². The Morgan fingerprint density at radius 3 is 2.83 bits per heavy atom. The number of imidazole rings is 1. The zero-order valence-electron chi connectivity index (χ0n) is 12.9. The molecule has 6 nitrogen and oxygen atoms in total. The summed E-state index contributed by atoms with van der Waals surface area (Å²) < 4.78 is 8.49. The number of anilines is 1. The first-order chi connectivity index (χ1) is 11.0. The zero-order chi connectivity index (χ0) is 16.2. The molecule has 23 heavy (non-hydrogen) atoms. The lowest BCUT2D eigenvalue weighted by Crippen LogP contribution is -2.51. The van der Waals surface area contributed by atoms with Gasteiger partial charge in [-0.3, -0.25) is 4.40 Å². The van der Waals surface area contributed by atoms with Gasteiger partial charge < -0.3 is 15.4 Å². The molecule has 0 radical (unpaired) electrons. The fourth-order valence-electron chi connectivity index (χ4n) is 3.76. The van der Waals surface area contributed by atoms with Crippen molar-refractivity contribution in [2.24, 2.45) is 11.1 Å². The van der Waals surface area contributed by atoms with Crippen molar-refractivity contribution in [3.63, 3.8) is 0 Å². The van der Waals surface area contributed by atoms with Gasteiger partial charge in [0.2, 0.25) is 5.95 Å². The Bertz CT molecular complexity index is 743. The van der Waals surface area contributed by atoms with E-state index in [0.717, 1.165) is 48.6 Å². The molecule has 0 aliphatic carbocycles. The summed E-state index contributed by atoms with van der Waals surface area (Å²) in [5, 5.41) is 0.438. The van der Waals surface area contributed by atoms with E-state index >= 15 is 0 Å². The fourth-order valence-corrected chi connectivity index (χ4v) is 4.30. The highest BCUT2D eigenvalue weighted by Gasteiger charge is 2.47. The lowest BCUT2D eigenvalue weighted by molar-refractivity contribution is 0.0973. The summed E-state index contributed by atoms with van der Waals surface area (Å²) in [6.07, 6.45) is 5.82. The lowest BCUT2D eigenvalue weighted by atomic mass is 9.73.